The van der Waals surface area contributed by atoms with Crippen molar-refractivity contribution >= 4 is 22.4 Å². The lowest BCUT2D eigenvalue weighted by atomic mass is 10.1. The Morgan fingerprint density at radius 2 is 1.82 bits per heavy atom. The van der Waals surface area contributed by atoms with E-state index in [2.05, 4.69) is 43.7 Å². The molecule has 6 nitrogen and oxygen atoms in total. The molecule has 4 aromatic heterocycles. The van der Waals surface area contributed by atoms with Gasteiger partial charge in [0.15, 0.2) is 5.65 Å². The molecule has 1 aromatic carbocycles. The van der Waals surface area contributed by atoms with Gasteiger partial charge in [-0.3, -0.25) is 4.98 Å². The van der Waals surface area contributed by atoms with Gasteiger partial charge in [-0.05, 0) is 31.0 Å². The highest BCUT2D eigenvalue weighted by Crippen LogP contribution is 2.24. The SMILES string of the molecule is CC.CC.Cc1cnn2c(NCCc3c[nH]c4ccccc34)cc(-c3cncc(F)c3)nc12. The van der Waals surface area contributed by atoms with E-state index >= 15 is 0 Å². The van der Waals surface area contributed by atoms with Crippen molar-refractivity contribution in [3.05, 3.63) is 78.1 Å². The number of rotatable bonds is 5. The lowest BCUT2D eigenvalue weighted by Crippen LogP contribution is -2.10. The summed E-state index contributed by atoms with van der Waals surface area (Å²) < 4.78 is 15.4. The van der Waals surface area contributed by atoms with E-state index in [1.807, 2.05) is 52.8 Å². The zero-order valence-electron chi connectivity index (χ0n) is 19.9. The number of benzene rings is 1. The molecule has 0 amide bonds. The minimum Gasteiger partial charge on any atom is -0.370 e. The second kappa shape index (κ2) is 11.2. The first-order valence-corrected chi connectivity index (χ1v) is 11.4. The number of nitrogens with zero attached hydrogens (tertiary/aromatic N) is 4. The molecular weight excluding hydrogens is 415 g/mol. The topological polar surface area (TPSA) is 70.9 Å². The normalized spacial score (nSPS) is 10.4. The van der Waals surface area contributed by atoms with Crippen molar-refractivity contribution in [2.75, 3.05) is 11.9 Å². The molecule has 0 bridgehead atoms. The highest BCUT2D eigenvalue weighted by molar-refractivity contribution is 5.83. The molecule has 0 fully saturated rings. The highest BCUT2D eigenvalue weighted by Gasteiger charge is 2.12. The zero-order valence-corrected chi connectivity index (χ0v) is 19.9. The maximum Gasteiger partial charge on any atom is 0.160 e. The van der Waals surface area contributed by atoms with Crippen molar-refractivity contribution in [1.82, 2.24) is 24.6 Å². The summed E-state index contributed by atoms with van der Waals surface area (Å²) in [7, 11) is 0. The molecule has 5 aromatic rings. The first-order chi connectivity index (χ1) is 16.2. The molecule has 0 aliphatic carbocycles. The van der Waals surface area contributed by atoms with Crippen LogP contribution in [-0.4, -0.2) is 31.1 Å². The number of fused-ring (bicyclic) bond motifs is 2. The maximum absolute atomic E-state index is 13.6. The van der Waals surface area contributed by atoms with Crippen molar-refractivity contribution in [2.24, 2.45) is 0 Å². The van der Waals surface area contributed by atoms with Crippen molar-refractivity contribution < 1.29 is 4.39 Å². The quantitative estimate of drug-likeness (QED) is 0.326. The van der Waals surface area contributed by atoms with Gasteiger partial charge in [0, 0.05) is 47.0 Å². The molecule has 2 N–H and O–H groups in total. The van der Waals surface area contributed by atoms with Gasteiger partial charge in [-0.1, -0.05) is 45.9 Å². The molecule has 0 aliphatic heterocycles. The van der Waals surface area contributed by atoms with E-state index in [1.54, 1.807) is 16.9 Å². The molecule has 0 unspecified atom stereocenters. The van der Waals surface area contributed by atoms with Gasteiger partial charge in [-0.15, -0.1) is 0 Å². The minimum absolute atomic E-state index is 0.386. The zero-order chi connectivity index (χ0) is 23.8. The van der Waals surface area contributed by atoms with Crippen LogP contribution in [0.25, 0.3) is 27.8 Å². The lowest BCUT2D eigenvalue weighted by molar-refractivity contribution is 0.622. The molecule has 0 aliphatic rings. The van der Waals surface area contributed by atoms with Crippen molar-refractivity contribution in [3.8, 4) is 11.3 Å². The number of H-pyrrole nitrogens is 1. The Hall–Kier alpha value is -3.74. The van der Waals surface area contributed by atoms with Crippen molar-refractivity contribution in [3.63, 3.8) is 0 Å². The van der Waals surface area contributed by atoms with Crippen molar-refractivity contribution in [2.45, 2.75) is 41.0 Å². The fourth-order valence-corrected chi connectivity index (χ4v) is 3.56. The number of pyridine rings is 1. The molecule has 4 heterocycles. The van der Waals surface area contributed by atoms with Gasteiger partial charge >= 0.3 is 0 Å². The van der Waals surface area contributed by atoms with Crippen LogP contribution in [0.1, 0.15) is 38.8 Å². The van der Waals surface area contributed by atoms with Crippen LogP contribution in [0.15, 0.2) is 61.2 Å². The average Bonchev–Trinajstić information content (AvgIpc) is 3.45. The smallest absolute Gasteiger partial charge is 0.160 e. The van der Waals surface area contributed by atoms with Crippen LogP contribution in [0.3, 0.4) is 0 Å². The van der Waals surface area contributed by atoms with E-state index in [1.165, 1.54) is 23.2 Å². The summed E-state index contributed by atoms with van der Waals surface area (Å²) in [6.07, 6.45) is 7.48. The molecule has 0 spiro atoms. The van der Waals surface area contributed by atoms with Crippen molar-refractivity contribution in [1.29, 1.82) is 0 Å². The van der Waals surface area contributed by atoms with E-state index in [0.29, 0.717) is 11.3 Å². The van der Waals surface area contributed by atoms with Gasteiger partial charge in [0.1, 0.15) is 11.6 Å². The number of aryl methyl sites for hydroxylation is 1. The third-order valence-corrected chi connectivity index (χ3v) is 5.02. The Balaban J connectivity index is 0.000000728. The summed E-state index contributed by atoms with van der Waals surface area (Å²) in [5.41, 5.74) is 5.37. The molecule has 0 saturated heterocycles. The number of hydrogen-bond donors (Lipinski definition) is 2. The molecule has 0 radical (unpaired) electrons. The molecule has 0 saturated carbocycles. The van der Waals surface area contributed by atoms with Crippen LogP contribution in [0, 0.1) is 12.7 Å². The molecule has 7 heteroatoms. The van der Waals surface area contributed by atoms with Gasteiger partial charge < -0.3 is 10.3 Å². The summed E-state index contributed by atoms with van der Waals surface area (Å²) in [4.78, 5) is 11.9. The number of anilines is 1. The molecular formula is C26H31FN6. The second-order valence-electron chi connectivity index (χ2n) is 7.02. The number of halogens is 1. The van der Waals surface area contributed by atoms with Gasteiger partial charge in [-0.25, -0.2) is 9.37 Å². The molecule has 5 rings (SSSR count). The summed E-state index contributed by atoms with van der Waals surface area (Å²) in [5, 5.41) is 9.13. The standard InChI is InChI=1S/C22H19FN6.2C2H6/c1-14-10-27-29-21(9-20(28-22(14)29)16-8-17(23)13-24-11-16)25-7-6-15-12-26-19-5-3-2-4-18(15)19;2*1-2/h2-5,8-13,25-26H,6-7H2,1H3;2*1-2H3. The lowest BCUT2D eigenvalue weighted by Gasteiger charge is -2.11. The molecule has 0 atom stereocenters. The van der Waals surface area contributed by atoms with Gasteiger partial charge in [0.25, 0.3) is 0 Å². The van der Waals surface area contributed by atoms with Gasteiger partial charge in [0.2, 0.25) is 0 Å². The van der Waals surface area contributed by atoms with Crippen LogP contribution in [0.2, 0.25) is 0 Å². The molecule has 33 heavy (non-hydrogen) atoms. The number of para-hydroxylation sites is 1. The predicted molar refractivity (Wildman–Crippen MR) is 134 cm³/mol. The third-order valence-electron chi connectivity index (χ3n) is 5.02. The number of hydrogen-bond acceptors (Lipinski definition) is 4. The van der Waals surface area contributed by atoms with Crippen LogP contribution in [0.4, 0.5) is 10.2 Å². The Morgan fingerprint density at radius 3 is 2.61 bits per heavy atom. The van der Waals surface area contributed by atoms with Crippen LogP contribution in [-0.2, 0) is 6.42 Å². The fourth-order valence-electron chi connectivity index (χ4n) is 3.56. The van der Waals surface area contributed by atoms with Crippen LogP contribution in [0.5, 0.6) is 0 Å². The monoisotopic (exact) mass is 446 g/mol. The minimum atomic E-state index is -0.386. The Kier molecular flexibility index (Phi) is 8.13. The van der Waals surface area contributed by atoms with E-state index < -0.39 is 0 Å². The summed E-state index contributed by atoms with van der Waals surface area (Å²) in [6.45, 7) is 10.7. The number of aromatic amines is 1. The third kappa shape index (κ3) is 5.19. The molecule has 172 valence electrons. The second-order valence-corrected chi connectivity index (χ2v) is 7.02. The van der Waals surface area contributed by atoms with E-state index in [4.69, 9.17) is 0 Å². The van der Waals surface area contributed by atoms with E-state index in [0.717, 1.165) is 35.5 Å². The largest absolute Gasteiger partial charge is 0.370 e. The number of nitrogens with one attached hydrogen (secondary N) is 2. The Morgan fingerprint density at radius 1 is 1.03 bits per heavy atom. The van der Waals surface area contributed by atoms with Gasteiger partial charge in [-0.2, -0.15) is 9.61 Å². The summed E-state index contributed by atoms with van der Waals surface area (Å²) in [6, 6.07) is 11.6. The van der Waals surface area contributed by atoms with Crippen LogP contribution < -0.4 is 5.32 Å². The first-order valence-electron chi connectivity index (χ1n) is 11.4. The summed E-state index contributed by atoms with van der Waals surface area (Å²) >= 11 is 0. The Labute approximate surface area is 193 Å². The highest BCUT2D eigenvalue weighted by atomic mass is 19.1. The predicted octanol–water partition coefficient (Wildman–Crippen LogP) is 6.43. The maximum atomic E-state index is 13.6. The average molecular weight is 447 g/mol. The number of aromatic nitrogens is 5. The fraction of sp³-hybridized carbons (Fsp3) is 0.269. The van der Waals surface area contributed by atoms with E-state index in [-0.39, 0.29) is 5.82 Å². The van der Waals surface area contributed by atoms with Crippen LogP contribution >= 0.6 is 0 Å². The van der Waals surface area contributed by atoms with Gasteiger partial charge in [0.05, 0.1) is 18.1 Å². The Bertz CT molecular complexity index is 1320. The van der Waals surface area contributed by atoms with E-state index in [9.17, 15) is 4.39 Å². The first kappa shape index (κ1) is 23.9. The summed E-state index contributed by atoms with van der Waals surface area (Å²) in [5.74, 6) is 0.422.